The van der Waals surface area contributed by atoms with Gasteiger partial charge >= 0.3 is 0 Å². The van der Waals surface area contributed by atoms with E-state index in [1.807, 2.05) is 13.0 Å². The smallest absolute Gasteiger partial charge is 0.115 e. The zero-order valence-corrected chi connectivity index (χ0v) is 8.46. The average Bonchev–Trinajstić information content (AvgIpc) is 2.09. The first-order chi connectivity index (χ1) is 6.13. The van der Waals surface area contributed by atoms with E-state index in [0.717, 1.165) is 17.7 Å². The van der Waals surface area contributed by atoms with Crippen molar-refractivity contribution in [3.05, 3.63) is 23.8 Å². The highest BCUT2D eigenvalue weighted by Crippen LogP contribution is 2.20. The lowest BCUT2D eigenvalue weighted by molar-refractivity contribution is 0.475. The molecule has 0 heterocycles. The molecule has 72 valence electrons. The summed E-state index contributed by atoms with van der Waals surface area (Å²) < 4.78 is 0. The molecule has 0 spiro atoms. The highest BCUT2D eigenvalue weighted by atomic mass is 16.3. The number of rotatable bonds is 3. The predicted molar refractivity (Wildman–Crippen MR) is 56.2 cm³/mol. The average molecular weight is 179 g/mol. The standard InChI is InChI=1S/C11H17NO/c1-4-9(3)12-11-6-5-10(13)7-8(11)2/h5-7,9,12-13H,4H2,1-3H3. The van der Waals surface area contributed by atoms with Crippen LogP contribution in [0.3, 0.4) is 0 Å². The lowest BCUT2D eigenvalue weighted by Crippen LogP contribution is -2.13. The molecule has 1 atom stereocenters. The molecule has 0 aliphatic carbocycles. The number of phenolic OH excluding ortho intramolecular Hbond substituents is 1. The summed E-state index contributed by atoms with van der Waals surface area (Å²) >= 11 is 0. The molecule has 13 heavy (non-hydrogen) atoms. The van der Waals surface area contributed by atoms with Crippen molar-refractivity contribution in [1.82, 2.24) is 0 Å². The lowest BCUT2D eigenvalue weighted by Gasteiger charge is -2.15. The SMILES string of the molecule is CCC(C)Nc1ccc(O)cc1C. The maximum absolute atomic E-state index is 9.20. The largest absolute Gasteiger partial charge is 0.508 e. The molecule has 0 aliphatic rings. The molecule has 0 aromatic heterocycles. The molecule has 0 aliphatic heterocycles. The maximum Gasteiger partial charge on any atom is 0.115 e. The van der Waals surface area contributed by atoms with Gasteiger partial charge in [0.05, 0.1) is 0 Å². The van der Waals surface area contributed by atoms with Gasteiger partial charge in [-0.25, -0.2) is 0 Å². The van der Waals surface area contributed by atoms with Crippen LogP contribution in [0.1, 0.15) is 25.8 Å². The summed E-state index contributed by atoms with van der Waals surface area (Å²) in [5.41, 5.74) is 2.19. The summed E-state index contributed by atoms with van der Waals surface area (Å²) in [5.74, 6) is 0.326. The summed E-state index contributed by atoms with van der Waals surface area (Å²) in [6, 6.07) is 5.86. The van der Waals surface area contributed by atoms with Gasteiger partial charge in [-0.3, -0.25) is 0 Å². The topological polar surface area (TPSA) is 32.3 Å². The van der Waals surface area contributed by atoms with Crippen LogP contribution in [0, 0.1) is 6.92 Å². The predicted octanol–water partition coefficient (Wildman–Crippen LogP) is 2.91. The van der Waals surface area contributed by atoms with E-state index in [2.05, 4.69) is 19.2 Å². The van der Waals surface area contributed by atoms with Crippen molar-refractivity contribution in [2.24, 2.45) is 0 Å². The van der Waals surface area contributed by atoms with Gasteiger partial charge in [0.1, 0.15) is 5.75 Å². The van der Waals surface area contributed by atoms with Crippen LogP contribution in [0.25, 0.3) is 0 Å². The molecule has 1 unspecified atom stereocenters. The molecule has 2 N–H and O–H groups in total. The molecule has 0 bridgehead atoms. The van der Waals surface area contributed by atoms with Gasteiger partial charge in [-0.2, -0.15) is 0 Å². The number of benzene rings is 1. The van der Waals surface area contributed by atoms with Gasteiger partial charge in [0.2, 0.25) is 0 Å². The third-order valence-electron chi connectivity index (χ3n) is 2.22. The van der Waals surface area contributed by atoms with Gasteiger partial charge in [0.25, 0.3) is 0 Å². The van der Waals surface area contributed by atoms with Crippen molar-refractivity contribution in [3.8, 4) is 5.75 Å². The summed E-state index contributed by atoms with van der Waals surface area (Å²) in [6.45, 7) is 6.28. The minimum absolute atomic E-state index is 0.326. The number of anilines is 1. The number of phenols is 1. The molecule has 1 aromatic carbocycles. The Kier molecular flexibility index (Phi) is 3.18. The Hall–Kier alpha value is -1.18. The highest BCUT2D eigenvalue weighted by molar-refractivity contribution is 5.53. The van der Waals surface area contributed by atoms with E-state index in [-0.39, 0.29) is 0 Å². The van der Waals surface area contributed by atoms with Crippen molar-refractivity contribution in [3.63, 3.8) is 0 Å². The monoisotopic (exact) mass is 179 g/mol. The van der Waals surface area contributed by atoms with Gasteiger partial charge in [0.15, 0.2) is 0 Å². The van der Waals surface area contributed by atoms with Crippen LogP contribution in [0.5, 0.6) is 5.75 Å². The van der Waals surface area contributed by atoms with Crippen LogP contribution in [0.2, 0.25) is 0 Å². The van der Waals surface area contributed by atoms with Crippen LogP contribution in [0.15, 0.2) is 18.2 Å². The van der Waals surface area contributed by atoms with E-state index in [9.17, 15) is 5.11 Å². The molecule has 2 heteroatoms. The van der Waals surface area contributed by atoms with Crippen LogP contribution < -0.4 is 5.32 Å². The zero-order valence-electron chi connectivity index (χ0n) is 8.46. The minimum Gasteiger partial charge on any atom is -0.508 e. The Labute approximate surface area is 79.6 Å². The Balaban J connectivity index is 2.77. The van der Waals surface area contributed by atoms with Crippen LogP contribution in [-0.2, 0) is 0 Å². The third kappa shape index (κ3) is 2.65. The second-order valence-electron chi connectivity index (χ2n) is 3.45. The van der Waals surface area contributed by atoms with Crippen LogP contribution >= 0.6 is 0 Å². The number of hydrogen-bond donors (Lipinski definition) is 2. The number of hydrogen-bond acceptors (Lipinski definition) is 2. The first kappa shape index (κ1) is 9.90. The molecule has 0 radical (unpaired) electrons. The van der Waals surface area contributed by atoms with Gasteiger partial charge in [0, 0.05) is 11.7 Å². The second-order valence-corrected chi connectivity index (χ2v) is 3.45. The number of nitrogens with one attached hydrogen (secondary N) is 1. The van der Waals surface area contributed by atoms with E-state index in [4.69, 9.17) is 0 Å². The minimum atomic E-state index is 0.326. The Bertz CT molecular complexity index is 283. The summed E-state index contributed by atoms with van der Waals surface area (Å²) in [5, 5.41) is 12.6. The molecule has 0 saturated heterocycles. The molecular formula is C11H17NO. The van der Waals surface area contributed by atoms with Gasteiger partial charge < -0.3 is 10.4 Å². The van der Waals surface area contributed by atoms with Gasteiger partial charge in [-0.1, -0.05) is 6.92 Å². The van der Waals surface area contributed by atoms with Crippen molar-refractivity contribution in [1.29, 1.82) is 0 Å². The number of aryl methyl sites for hydroxylation is 1. The fraction of sp³-hybridized carbons (Fsp3) is 0.455. The highest BCUT2D eigenvalue weighted by Gasteiger charge is 2.01. The zero-order chi connectivity index (χ0) is 9.84. The van der Waals surface area contributed by atoms with E-state index >= 15 is 0 Å². The molecule has 2 nitrogen and oxygen atoms in total. The quantitative estimate of drug-likeness (QED) is 0.699. The third-order valence-corrected chi connectivity index (χ3v) is 2.22. The normalized spacial score (nSPS) is 12.5. The molecule has 1 aromatic rings. The van der Waals surface area contributed by atoms with E-state index in [1.165, 1.54) is 0 Å². The second kappa shape index (κ2) is 4.17. The molecule has 1 rings (SSSR count). The van der Waals surface area contributed by atoms with E-state index in [1.54, 1.807) is 12.1 Å². The maximum atomic E-state index is 9.20. The van der Waals surface area contributed by atoms with Crippen molar-refractivity contribution < 1.29 is 5.11 Å². The van der Waals surface area contributed by atoms with Crippen molar-refractivity contribution in [2.75, 3.05) is 5.32 Å². The Morgan fingerprint density at radius 3 is 2.69 bits per heavy atom. The summed E-state index contributed by atoms with van der Waals surface area (Å²) in [7, 11) is 0. The van der Waals surface area contributed by atoms with Gasteiger partial charge in [-0.15, -0.1) is 0 Å². The van der Waals surface area contributed by atoms with Crippen LogP contribution in [-0.4, -0.2) is 11.1 Å². The fourth-order valence-corrected chi connectivity index (χ4v) is 1.18. The first-order valence-electron chi connectivity index (χ1n) is 4.69. The first-order valence-corrected chi connectivity index (χ1v) is 4.69. The number of aromatic hydroxyl groups is 1. The molecule has 0 saturated carbocycles. The van der Waals surface area contributed by atoms with E-state index in [0.29, 0.717) is 11.8 Å². The summed E-state index contributed by atoms with van der Waals surface area (Å²) in [4.78, 5) is 0. The van der Waals surface area contributed by atoms with Gasteiger partial charge in [-0.05, 0) is 44.0 Å². The van der Waals surface area contributed by atoms with Crippen molar-refractivity contribution >= 4 is 5.69 Å². The Morgan fingerprint density at radius 1 is 1.46 bits per heavy atom. The lowest BCUT2D eigenvalue weighted by atomic mass is 10.1. The molecule has 0 amide bonds. The fourth-order valence-electron chi connectivity index (χ4n) is 1.18. The molecule has 0 fully saturated rings. The summed E-state index contributed by atoms with van der Waals surface area (Å²) in [6.07, 6.45) is 1.10. The Morgan fingerprint density at radius 2 is 2.15 bits per heavy atom. The van der Waals surface area contributed by atoms with E-state index < -0.39 is 0 Å². The molecular weight excluding hydrogens is 162 g/mol. The van der Waals surface area contributed by atoms with Crippen LogP contribution in [0.4, 0.5) is 5.69 Å². The van der Waals surface area contributed by atoms with Crippen molar-refractivity contribution in [2.45, 2.75) is 33.2 Å².